The van der Waals surface area contributed by atoms with Gasteiger partial charge in [-0.05, 0) is 30.7 Å². The van der Waals surface area contributed by atoms with Crippen LogP contribution in [0.25, 0.3) is 0 Å². The van der Waals surface area contributed by atoms with Gasteiger partial charge in [0, 0.05) is 12.6 Å². The summed E-state index contributed by atoms with van der Waals surface area (Å²) in [7, 11) is 1.27. The van der Waals surface area contributed by atoms with E-state index in [1.807, 2.05) is 0 Å². The predicted octanol–water partition coefficient (Wildman–Crippen LogP) is 1.54. The second kappa shape index (κ2) is 7.28. The zero-order valence-corrected chi connectivity index (χ0v) is 11.7. The molecule has 0 aliphatic carbocycles. The van der Waals surface area contributed by atoms with Gasteiger partial charge in [0.25, 0.3) is 0 Å². The lowest BCUT2D eigenvalue weighted by Crippen LogP contribution is -2.14. The maximum atomic E-state index is 11.6. The van der Waals surface area contributed by atoms with Gasteiger partial charge >= 0.3 is 11.9 Å². The van der Waals surface area contributed by atoms with Crippen LogP contribution in [0.3, 0.4) is 0 Å². The first-order valence-electron chi connectivity index (χ1n) is 6.12. The van der Waals surface area contributed by atoms with E-state index in [-0.39, 0.29) is 18.9 Å². The molecule has 108 valence electrons. The van der Waals surface area contributed by atoms with Crippen molar-refractivity contribution in [2.24, 2.45) is 0 Å². The summed E-state index contributed by atoms with van der Waals surface area (Å²) in [5.41, 5.74) is 1.28. The molecular formula is C14H17NO5. The number of carbonyl (C=O) groups is 3. The van der Waals surface area contributed by atoms with Gasteiger partial charge in [0.05, 0.1) is 25.7 Å². The van der Waals surface area contributed by atoms with Crippen LogP contribution in [-0.2, 0) is 25.5 Å². The summed E-state index contributed by atoms with van der Waals surface area (Å²) >= 11 is 0. The number of rotatable bonds is 5. The van der Waals surface area contributed by atoms with E-state index < -0.39 is 11.9 Å². The quantitative estimate of drug-likeness (QED) is 0.827. The molecule has 0 aliphatic rings. The third-order valence-electron chi connectivity index (χ3n) is 2.48. The molecule has 6 nitrogen and oxygen atoms in total. The van der Waals surface area contributed by atoms with E-state index >= 15 is 0 Å². The summed E-state index contributed by atoms with van der Waals surface area (Å²) < 4.78 is 9.49. The third-order valence-corrected chi connectivity index (χ3v) is 2.48. The Labute approximate surface area is 117 Å². The number of anilines is 1. The summed E-state index contributed by atoms with van der Waals surface area (Å²) in [5.74, 6) is -1.20. The SMILES string of the molecule is CCOC(=O)Cc1cc(C(=O)OC)ccc1NC(C)=O. The molecule has 1 amide bonds. The normalized spacial score (nSPS) is 9.75. The first kappa shape index (κ1) is 15.7. The number of methoxy groups -OCH3 is 1. The van der Waals surface area contributed by atoms with Crippen LogP contribution in [0.5, 0.6) is 0 Å². The number of ether oxygens (including phenoxy) is 2. The molecule has 0 aliphatic heterocycles. The predicted molar refractivity (Wildman–Crippen MR) is 72.4 cm³/mol. The number of esters is 2. The highest BCUT2D eigenvalue weighted by Gasteiger charge is 2.14. The van der Waals surface area contributed by atoms with Crippen LogP contribution in [0.15, 0.2) is 18.2 Å². The lowest BCUT2D eigenvalue weighted by atomic mass is 10.1. The van der Waals surface area contributed by atoms with Crippen molar-refractivity contribution in [2.75, 3.05) is 19.0 Å². The van der Waals surface area contributed by atoms with E-state index in [1.165, 1.54) is 26.2 Å². The van der Waals surface area contributed by atoms with Crippen LogP contribution in [0.1, 0.15) is 29.8 Å². The maximum Gasteiger partial charge on any atom is 0.337 e. The number of nitrogens with one attached hydrogen (secondary N) is 1. The third kappa shape index (κ3) is 4.38. The van der Waals surface area contributed by atoms with Gasteiger partial charge in [-0.1, -0.05) is 0 Å². The van der Waals surface area contributed by atoms with E-state index in [0.717, 1.165) is 0 Å². The van der Waals surface area contributed by atoms with Gasteiger partial charge in [0.2, 0.25) is 5.91 Å². The molecule has 0 radical (unpaired) electrons. The highest BCUT2D eigenvalue weighted by Crippen LogP contribution is 2.19. The van der Waals surface area contributed by atoms with E-state index in [2.05, 4.69) is 10.1 Å². The van der Waals surface area contributed by atoms with Crippen LogP contribution in [0.4, 0.5) is 5.69 Å². The largest absolute Gasteiger partial charge is 0.466 e. The molecule has 1 aromatic carbocycles. The number of hydrogen-bond acceptors (Lipinski definition) is 5. The minimum atomic E-state index is -0.510. The first-order valence-corrected chi connectivity index (χ1v) is 6.12. The first-order chi connectivity index (χ1) is 9.47. The summed E-state index contributed by atoms with van der Waals surface area (Å²) in [5, 5.41) is 2.61. The van der Waals surface area contributed by atoms with Crippen molar-refractivity contribution in [2.45, 2.75) is 20.3 Å². The molecule has 1 N–H and O–H groups in total. The molecule has 0 aromatic heterocycles. The molecule has 20 heavy (non-hydrogen) atoms. The van der Waals surface area contributed by atoms with Crippen molar-refractivity contribution >= 4 is 23.5 Å². The number of benzene rings is 1. The minimum Gasteiger partial charge on any atom is -0.466 e. The van der Waals surface area contributed by atoms with Gasteiger partial charge in [-0.15, -0.1) is 0 Å². The molecule has 0 saturated heterocycles. The van der Waals surface area contributed by atoms with Crippen LogP contribution < -0.4 is 5.32 Å². The Bertz CT molecular complexity index is 524. The van der Waals surface area contributed by atoms with Gasteiger partial charge < -0.3 is 14.8 Å². The van der Waals surface area contributed by atoms with Crippen LogP contribution in [0, 0.1) is 0 Å². The molecule has 0 spiro atoms. The Hall–Kier alpha value is -2.37. The van der Waals surface area contributed by atoms with Crippen molar-refractivity contribution in [1.29, 1.82) is 0 Å². The van der Waals surface area contributed by atoms with E-state index in [1.54, 1.807) is 13.0 Å². The average Bonchev–Trinajstić information content (AvgIpc) is 2.39. The van der Waals surface area contributed by atoms with E-state index in [9.17, 15) is 14.4 Å². The zero-order chi connectivity index (χ0) is 15.1. The van der Waals surface area contributed by atoms with Crippen molar-refractivity contribution < 1.29 is 23.9 Å². The fourth-order valence-corrected chi connectivity index (χ4v) is 1.66. The Morgan fingerprint density at radius 1 is 1.25 bits per heavy atom. The standard InChI is InChI=1S/C14H17NO5/c1-4-20-13(17)8-11-7-10(14(18)19-3)5-6-12(11)15-9(2)16/h5-7H,4,8H2,1-3H3,(H,15,16). The Balaban J connectivity index is 3.08. The highest BCUT2D eigenvalue weighted by atomic mass is 16.5. The van der Waals surface area contributed by atoms with Crippen molar-refractivity contribution in [3.05, 3.63) is 29.3 Å². The lowest BCUT2D eigenvalue weighted by Gasteiger charge is -2.11. The molecule has 6 heteroatoms. The molecule has 0 saturated carbocycles. The van der Waals surface area contributed by atoms with Gasteiger partial charge in [0.15, 0.2) is 0 Å². The number of carbonyl (C=O) groups excluding carboxylic acids is 3. The molecule has 0 bridgehead atoms. The Kier molecular flexibility index (Phi) is 5.71. The van der Waals surface area contributed by atoms with Gasteiger partial charge in [-0.3, -0.25) is 9.59 Å². The Morgan fingerprint density at radius 3 is 2.50 bits per heavy atom. The summed E-state index contributed by atoms with van der Waals surface area (Å²) in [6, 6.07) is 4.59. The highest BCUT2D eigenvalue weighted by molar-refractivity contribution is 5.94. The Morgan fingerprint density at radius 2 is 1.95 bits per heavy atom. The summed E-state index contributed by atoms with van der Waals surface area (Å²) in [6.45, 7) is 3.34. The second-order valence-electron chi connectivity index (χ2n) is 4.03. The molecule has 0 unspecified atom stereocenters. The van der Waals surface area contributed by atoms with Gasteiger partial charge in [0.1, 0.15) is 0 Å². The van der Waals surface area contributed by atoms with Gasteiger partial charge in [-0.25, -0.2) is 4.79 Å². The lowest BCUT2D eigenvalue weighted by molar-refractivity contribution is -0.142. The zero-order valence-electron chi connectivity index (χ0n) is 11.7. The average molecular weight is 279 g/mol. The topological polar surface area (TPSA) is 81.7 Å². The maximum absolute atomic E-state index is 11.6. The monoisotopic (exact) mass is 279 g/mol. The summed E-state index contributed by atoms with van der Waals surface area (Å²) in [6.07, 6.45) is -0.0334. The van der Waals surface area contributed by atoms with E-state index in [4.69, 9.17) is 4.74 Å². The van der Waals surface area contributed by atoms with E-state index in [0.29, 0.717) is 16.8 Å². The molecule has 0 atom stereocenters. The van der Waals surface area contributed by atoms with Crippen molar-refractivity contribution in [1.82, 2.24) is 0 Å². The second-order valence-corrected chi connectivity index (χ2v) is 4.03. The molecule has 0 heterocycles. The number of amides is 1. The minimum absolute atomic E-state index is 0.0334. The number of hydrogen-bond donors (Lipinski definition) is 1. The van der Waals surface area contributed by atoms with Gasteiger partial charge in [-0.2, -0.15) is 0 Å². The summed E-state index contributed by atoms with van der Waals surface area (Å²) in [4.78, 5) is 34.2. The molecule has 1 aromatic rings. The van der Waals surface area contributed by atoms with Crippen LogP contribution >= 0.6 is 0 Å². The molecule has 0 fully saturated rings. The fraction of sp³-hybridized carbons (Fsp3) is 0.357. The smallest absolute Gasteiger partial charge is 0.337 e. The van der Waals surface area contributed by atoms with Crippen molar-refractivity contribution in [3.63, 3.8) is 0 Å². The van der Waals surface area contributed by atoms with Crippen molar-refractivity contribution in [3.8, 4) is 0 Å². The molecular weight excluding hydrogens is 262 g/mol. The van der Waals surface area contributed by atoms with Crippen LogP contribution in [0.2, 0.25) is 0 Å². The fourth-order valence-electron chi connectivity index (χ4n) is 1.66. The van der Waals surface area contributed by atoms with Crippen LogP contribution in [-0.4, -0.2) is 31.6 Å². The molecule has 1 rings (SSSR count).